The van der Waals surface area contributed by atoms with Gasteiger partial charge in [-0.25, -0.2) is 0 Å². The predicted molar refractivity (Wildman–Crippen MR) is 154 cm³/mol. The molecule has 0 saturated carbocycles. The van der Waals surface area contributed by atoms with E-state index in [2.05, 4.69) is 115 Å². The average Bonchev–Trinajstić information content (AvgIpc) is 2.92. The summed E-state index contributed by atoms with van der Waals surface area (Å²) in [6, 6.07) is 44.2. The van der Waals surface area contributed by atoms with Crippen molar-refractivity contribution in [3.63, 3.8) is 0 Å². The Bertz CT molecular complexity index is 1450. The van der Waals surface area contributed by atoms with E-state index in [-0.39, 0.29) is 0 Å². The number of aryl methyl sites for hydroxylation is 4. The number of aromatic hydroxyl groups is 1. The Morgan fingerprint density at radius 3 is 1.72 bits per heavy atom. The fourth-order valence-corrected chi connectivity index (χ4v) is 7.55. The number of phenols is 1. The number of hydrogen-bond acceptors (Lipinski definition) is 1. The van der Waals surface area contributed by atoms with Gasteiger partial charge in [0.25, 0.3) is 0 Å². The number of benzene rings is 5. The highest BCUT2D eigenvalue weighted by molar-refractivity contribution is 7.79. The molecule has 2 heteroatoms. The summed E-state index contributed by atoms with van der Waals surface area (Å²) >= 11 is 0. The van der Waals surface area contributed by atoms with E-state index in [9.17, 15) is 5.11 Å². The van der Waals surface area contributed by atoms with Crippen molar-refractivity contribution in [1.29, 1.82) is 0 Å². The summed E-state index contributed by atoms with van der Waals surface area (Å²) in [6.07, 6.45) is 3.63. The molecule has 0 aliphatic heterocycles. The molecule has 9 rings (SSSR count). The number of hydrogen-bond donors (Lipinski definition) is 1. The minimum Gasteiger partial charge on any atom is -0.508 e. The van der Waals surface area contributed by atoms with E-state index in [1.54, 1.807) is 0 Å². The molecule has 0 aromatic heterocycles. The van der Waals surface area contributed by atoms with Gasteiger partial charge in [-0.15, -0.1) is 0 Å². The summed E-state index contributed by atoms with van der Waals surface area (Å²) in [5.74, 6) is 0.436. The van der Waals surface area contributed by atoms with Gasteiger partial charge in [0.1, 0.15) is 5.75 Å². The van der Waals surface area contributed by atoms with Gasteiger partial charge < -0.3 is 5.11 Å². The van der Waals surface area contributed by atoms with Crippen molar-refractivity contribution in [1.82, 2.24) is 0 Å². The van der Waals surface area contributed by atoms with Crippen LogP contribution in [0.3, 0.4) is 0 Å². The molecule has 0 amide bonds. The topological polar surface area (TPSA) is 20.2 Å². The van der Waals surface area contributed by atoms with Crippen LogP contribution in [0.2, 0.25) is 0 Å². The molecule has 1 nitrogen and oxygen atoms in total. The van der Waals surface area contributed by atoms with Crippen molar-refractivity contribution < 1.29 is 5.11 Å². The second kappa shape index (κ2) is 10.1. The minimum absolute atomic E-state index is 0.436. The first-order valence-electron chi connectivity index (χ1n) is 12.7. The van der Waals surface area contributed by atoms with E-state index in [0.717, 1.165) is 31.2 Å². The zero-order valence-electron chi connectivity index (χ0n) is 20.3. The lowest BCUT2D eigenvalue weighted by Gasteiger charge is -2.21. The van der Waals surface area contributed by atoms with Crippen LogP contribution in [0.1, 0.15) is 22.3 Å². The smallest absolute Gasteiger partial charge is 0.119 e. The Morgan fingerprint density at radius 2 is 1.06 bits per heavy atom. The van der Waals surface area contributed by atoms with Gasteiger partial charge in [-0.3, -0.25) is 0 Å². The Morgan fingerprint density at radius 1 is 0.472 bits per heavy atom. The van der Waals surface area contributed by atoms with Crippen LogP contribution in [0.4, 0.5) is 0 Å². The van der Waals surface area contributed by atoms with Crippen LogP contribution in [0.5, 0.6) is 5.75 Å². The summed E-state index contributed by atoms with van der Waals surface area (Å²) in [4.78, 5) is 0. The van der Waals surface area contributed by atoms with E-state index < -0.39 is 7.92 Å². The lowest BCUT2D eigenvalue weighted by molar-refractivity contribution is 0.467. The zero-order valence-corrected chi connectivity index (χ0v) is 21.2. The monoisotopic (exact) mass is 484 g/mol. The standard InChI is InChI=1S/C34H29OP/c35-34-23-26-15-19-27-18-14-25(16-20-28(34)21-17-26)22-33(27)29-8-7-13-32(24-29)36(30-9-3-1-4-10-30)31-11-5-2-6-12-31/h1-14,17-18,21-24,35H,15-16,19-20H2. The maximum atomic E-state index is 10.5. The minimum atomic E-state index is -0.642. The first-order chi connectivity index (χ1) is 17.7. The Labute approximate surface area is 214 Å². The molecule has 0 radical (unpaired) electrons. The third-order valence-corrected chi connectivity index (χ3v) is 9.56. The highest BCUT2D eigenvalue weighted by atomic mass is 31.1. The van der Waals surface area contributed by atoms with E-state index in [0.29, 0.717) is 5.75 Å². The highest BCUT2D eigenvalue weighted by Gasteiger charge is 2.18. The van der Waals surface area contributed by atoms with Gasteiger partial charge in [0.2, 0.25) is 0 Å². The summed E-state index contributed by atoms with van der Waals surface area (Å²) in [5.41, 5.74) is 7.53. The normalized spacial score (nSPS) is 12.9. The highest BCUT2D eigenvalue weighted by Crippen LogP contribution is 2.35. The van der Waals surface area contributed by atoms with Gasteiger partial charge in [-0.2, -0.15) is 0 Å². The summed E-state index contributed by atoms with van der Waals surface area (Å²) in [5, 5.41) is 14.6. The van der Waals surface area contributed by atoms with Crippen molar-refractivity contribution in [2.75, 3.05) is 0 Å². The molecule has 4 bridgehead atoms. The maximum Gasteiger partial charge on any atom is 0.119 e. The Balaban J connectivity index is 1.43. The van der Waals surface area contributed by atoms with Crippen LogP contribution < -0.4 is 15.9 Å². The molecule has 0 fully saturated rings. The largest absolute Gasteiger partial charge is 0.508 e. The van der Waals surface area contributed by atoms with Gasteiger partial charge in [0.15, 0.2) is 0 Å². The first-order valence-corrected chi connectivity index (χ1v) is 14.0. The number of rotatable bonds is 4. The number of phenolic OH excluding ortho intramolecular Hbond substituents is 1. The SMILES string of the molecule is Oc1cc2ccc1CCc1ccc(c(-c3cccc(P(c4ccccc4)c4ccccc4)c3)c1)CC2. The van der Waals surface area contributed by atoms with Crippen LogP contribution >= 0.6 is 7.92 Å². The fourth-order valence-electron chi connectivity index (χ4n) is 5.21. The van der Waals surface area contributed by atoms with Gasteiger partial charge in [0, 0.05) is 0 Å². The van der Waals surface area contributed by atoms with Crippen LogP contribution in [0.25, 0.3) is 11.1 Å². The van der Waals surface area contributed by atoms with Gasteiger partial charge in [0.05, 0.1) is 0 Å². The quantitative estimate of drug-likeness (QED) is 0.282. The third kappa shape index (κ3) is 4.72. The summed E-state index contributed by atoms with van der Waals surface area (Å²) < 4.78 is 0. The van der Waals surface area contributed by atoms with Crippen LogP contribution in [-0.2, 0) is 25.7 Å². The van der Waals surface area contributed by atoms with Crippen LogP contribution in [0.15, 0.2) is 121 Å². The molecular weight excluding hydrogens is 455 g/mol. The second-order valence-electron chi connectivity index (χ2n) is 9.51. The molecule has 176 valence electrons. The van der Waals surface area contributed by atoms with Crippen LogP contribution in [0, 0.1) is 0 Å². The molecular formula is C34H29OP. The summed E-state index contributed by atoms with van der Waals surface area (Å²) in [7, 11) is -0.642. The van der Waals surface area contributed by atoms with Crippen LogP contribution in [-0.4, -0.2) is 5.11 Å². The van der Waals surface area contributed by atoms with E-state index >= 15 is 0 Å². The Hall–Kier alpha value is -3.67. The fraction of sp³-hybridized carbons (Fsp3) is 0.118. The molecule has 4 aliphatic carbocycles. The van der Waals surface area contributed by atoms with E-state index in [1.165, 1.54) is 43.7 Å². The Kier molecular flexibility index (Phi) is 6.41. The van der Waals surface area contributed by atoms with Crippen molar-refractivity contribution >= 4 is 23.8 Å². The molecule has 0 spiro atoms. The molecule has 0 saturated heterocycles. The van der Waals surface area contributed by atoms with E-state index in [4.69, 9.17) is 0 Å². The molecule has 0 unspecified atom stereocenters. The molecule has 36 heavy (non-hydrogen) atoms. The van der Waals surface area contributed by atoms with Crippen molar-refractivity contribution in [2.45, 2.75) is 25.7 Å². The predicted octanol–water partition coefficient (Wildman–Crippen LogP) is 6.70. The van der Waals surface area contributed by atoms with Crippen molar-refractivity contribution in [3.05, 3.63) is 144 Å². The molecule has 0 heterocycles. The molecule has 5 aromatic rings. The second-order valence-corrected chi connectivity index (χ2v) is 11.7. The molecule has 5 aromatic carbocycles. The van der Waals surface area contributed by atoms with E-state index in [1.807, 2.05) is 6.07 Å². The lowest BCUT2D eigenvalue weighted by Crippen LogP contribution is -2.20. The zero-order chi connectivity index (χ0) is 24.3. The van der Waals surface area contributed by atoms with Gasteiger partial charge in [-0.05, 0) is 95.0 Å². The maximum absolute atomic E-state index is 10.5. The van der Waals surface area contributed by atoms with Gasteiger partial charge >= 0.3 is 0 Å². The first kappa shape index (κ1) is 22.8. The molecule has 0 atom stereocenters. The lowest BCUT2D eigenvalue weighted by atomic mass is 9.90. The molecule has 4 aliphatic rings. The average molecular weight is 485 g/mol. The molecule has 1 N–H and O–H groups in total. The third-order valence-electron chi connectivity index (χ3n) is 7.13. The van der Waals surface area contributed by atoms with Gasteiger partial charge in [-0.1, -0.05) is 109 Å². The van der Waals surface area contributed by atoms with Crippen molar-refractivity contribution in [2.24, 2.45) is 0 Å². The van der Waals surface area contributed by atoms with Crippen molar-refractivity contribution in [3.8, 4) is 16.9 Å². The summed E-state index contributed by atoms with van der Waals surface area (Å²) in [6.45, 7) is 0.